The van der Waals surface area contributed by atoms with E-state index in [2.05, 4.69) is 27.8 Å². The molecule has 0 aliphatic carbocycles. The highest BCUT2D eigenvalue weighted by atomic mass is 79.9. The number of ether oxygens (including phenoxy) is 1. The normalized spacial score (nSPS) is 16.8. The van der Waals surface area contributed by atoms with E-state index < -0.39 is 17.5 Å². The lowest BCUT2D eigenvalue weighted by atomic mass is 10.2. The fourth-order valence-electron chi connectivity index (χ4n) is 1.80. The minimum absolute atomic E-state index is 0.191. The van der Waals surface area contributed by atoms with Crippen molar-refractivity contribution in [2.24, 2.45) is 0 Å². The Bertz CT molecular complexity index is 402. The highest BCUT2D eigenvalue weighted by molar-refractivity contribution is 9.09. The molecule has 0 radical (unpaired) electrons. The summed E-state index contributed by atoms with van der Waals surface area (Å²) in [4.78, 5) is 34.7. The second kappa shape index (κ2) is 9.71. The van der Waals surface area contributed by atoms with E-state index in [1.165, 1.54) is 0 Å². The van der Waals surface area contributed by atoms with Crippen LogP contribution in [0.5, 0.6) is 0 Å². The molecule has 1 fully saturated rings. The van der Waals surface area contributed by atoms with Gasteiger partial charge in [-0.1, -0.05) is 22.9 Å². The summed E-state index contributed by atoms with van der Waals surface area (Å²) in [7, 11) is 0. The molecule has 134 valence electrons. The second-order valence-corrected chi connectivity index (χ2v) is 7.72. The van der Waals surface area contributed by atoms with Gasteiger partial charge in [-0.15, -0.1) is 0 Å². The molecule has 1 amide bonds. The van der Waals surface area contributed by atoms with Gasteiger partial charge >= 0.3 is 18.0 Å². The summed E-state index contributed by atoms with van der Waals surface area (Å²) in [6, 6.07) is 0. The number of carbonyl (C=O) groups excluding carboxylic acids is 1. The molecular formula is C14H25BrN2O6. The smallest absolute Gasteiger partial charge is 0.414 e. The van der Waals surface area contributed by atoms with Gasteiger partial charge in [-0.3, -0.25) is 4.90 Å². The summed E-state index contributed by atoms with van der Waals surface area (Å²) < 4.78 is 5.35. The van der Waals surface area contributed by atoms with Crippen molar-refractivity contribution in [3.8, 4) is 0 Å². The quantitative estimate of drug-likeness (QED) is 0.537. The molecule has 0 spiro atoms. The molecule has 1 atom stereocenters. The minimum Gasteiger partial charge on any atom is -0.473 e. The van der Waals surface area contributed by atoms with Crippen LogP contribution in [-0.2, 0) is 14.3 Å². The number of carbonyl (C=O) groups is 3. The number of alkyl halides is 1. The van der Waals surface area contributed by atoms with E-state index in [1.807, 2.05) is 20.8 Å². The highest BCUT2D eigenvalue weighted by Gasteiger charge is 2.25. The largest absolute Gasteiger partial charge is 0.473 e. The van der Waals surface area contributed by atoms with Crippen LogP contribution in [0.4, 0.5) is 4.79 Å². The maximum absolute atomic E-state index is 11.8. The number of hydrogen-bond donors (Lipinski definition) is 2. The first-order valence-electron chi connectivity index (χ1n) is 7.23. The number of nitrogens with zero attached hydrogens (tertiary/aromatic N) is 2. The lowest BCUT2D eigenvalue weighted by molar-refractivity contribution is -0.159. The van der Waals surface area contributed by atoms with E-state index >= 15 is 0 Å². The van der Waals surface area contributed by atoms with Crippen LogP contribution in [0.15, 0.2) is 0 Å². The molecule has 1 saturated heterocycles. The fraction of sp³-hybridized carbons (Fsp3) is 0.786. The van der Waals surface area contributed by atoms with Gasteiger partial charge in [0, 0.05) is 37.6 Å². The monoisotopic (exact) mass is 396 g/mol. The lowest BCUT2D eigenvalue weighted by Gasteiger charge is -2.36. The van der Waals surface area contributed by atoms with Gasteiger partial charge in [0.25, 0.3) is 0 Å². The molecule has 1 unspecified atom stereocenters. The summed E-state index contributed by atoms with van der Waals surface area (Å²) in [6.45, 7) is 12.2. The van der Waals surface area contributed by atoms with E-state index in [-0.39, 0.29) is 6.09 Å². The maximum Gasteiger partial charge on any atom is 0.414 e. The average molecular weight is 397 g/mol. The third-order valence-electron chi connectivity index (χ3n) is 2.72. The second-order valence-electron chi connectivity index (χ2n) is 6.16. The number of rotatable bonds is 2. The van der Waals surface area contributed by atoms with Crippen LogP contribution in [0.1, 0.15) is 27.7 Å². The fourth-order valence-corrected chi connectivity index (χ4v) is 2.20. The van der Waals surface area contributed by atoms with Crippen LogP contribution in [0.3, 0.4) is 0 Å². The summed E-state index contributed by atoms with van der Waals surface area (Å²) in [6.07, 6.45) is -0.191. The molecule has 0 aromatic carbocycles. The summed E-state index contributed by atoms with van der Waals surface area (Å²) >= 11 is 3.55. The molecule has 1 rings (SSSR count). The van der Waals surface area contributed by atoms with E-state index in [1.54, 1.807) is 4.90 Å². The molecule has 23 heavy (non-hydrogen) atoms. The van der Waals surface area contributed by atoms with Crippen molar-refractivity contribution in [2.75, 3.05) is 32.7 Å². The van der Waals surface area contributed by atoms with E-state index in [0.29, 0.717) is 4.83 Å². The van der Waals surface area contributed by atoms with Crippen LogP contribution in [0, 0.1) is 0 Å². The Morgan fingerprint density at radius 2 is 1.52 bits per heavy atom. The van der Waals surface area contributed by atoms with Crippen LogP contribution in [0.25, 0.3) is 0 Å². The van der Waals surface area contributed by atoms with Crippen molar-refractivity contribution >= 4 is 34.0 Å². The first kappa shape index (κ1) is 21.6. The summed E-state index contributed by atoms with van der Waals surface area (Å²) in [5.41, 5.74) is -0.404. The van der Waals surface area contributed by atoms with Gasteiger partial charge in [-0.25, -0.2) is 14.4 Å². The number of carboxylic acid groups (broad SMARTS) is 2. The Morgan fingerprint density at radius 3 is 1.83 bits per heavy atom. The van der Waals surface area contributed by atoms with Crippen molar-refractivity contribution in [3.63, 3.8) is 0 Å². The topological polar surface area (TPSA) is 107 Å². The average Bonchev–Trinajstić information content (AvgIpc) is 2.37. The van der Waals surface area contributed by atoms with Crippen LogP contribution in [0.2, 0.25) is 0 Å². The number of aliphatic carboxylic acids is 2. The van der Waals surface area contributed by atoms with Gasteiger partial charge < -0.3 is 19.8 Å². The van der Waals surface area contributed by atoms with Gasteiger partial charge in [0.1, 0.15) is 5.60 Å². The van der Waals surface area contributed by atoms with Gasteiger partial charge in [-0.2, -0.15) is 0 Å². The van der Waals surface area contributed by atoms with Crippen LogP contribution in [-0.4, -0.2) is 81.2 Å². The third kappa shape index (κ3) is 10.9. The number of carboxylic acids is 2. The third-order valence-corrected chi connectivity index (χ3v) is 3.01. The Hall–Kier alpha value is -1.35. The molecule has 1 aliphatic heterocycles. The first-order chi connectivity index (χ1) is 10.4. The maximum atomic E-state index is 11.8. The van der Waals surface area contributed by atoms with Crippen molar-refractivity contribution < 1.29 is 29.3 Å². The summed E-state index contributed by atoms with van der Waals surface area (Å²) in [5, 5.41) is 14.8. The molecule has 2 N–H and O–H groups in total. The van der Waals surface area contributed by atoms with E-state index in [4.69, 9.17) is 24.5 Å². The van der Waals surface area contributed by atoms with Crippen LogP contribution >= 0.6 is 15.9 Å². The molecular weight excluding hydrogens is 372 g/mol. The predicted molar refractivity (Wildman–Crippen MR) is 87.9 cm³/mol. The molecule has 0 aromatic rings. The van der Waals surface area contributed by atoms with Gasteiger partial charge in [0.05, 0.1) is 0 Å². The zero-order valence-corrected chi connectivity index (χ0v) is 15.5. The van der Waals surface area contributed by atoms with E-state index in [9.17, 15) is 4.79 Å². The molecule has 1 aliphatic rings. The Labute approximate surface area is 144 Å². The molecule has 0 saturated carbocycles. The molecule has 8 nitrogen and oxygen atoms in total. The molecule has 0 bridgehead atoms. The Balaban J connectivity index is 0.000000688. The van der Waals surface area contributed by atoms with Crippen molar-refractivity contribution in [3.05, 3.63) is 0 Å². The number of piperazine rings is 1. The summed E-state index contributed by atoms with van der Waals surface area (Å²) in [5.74, 6) is -3.65. The SMILES string of the molecule is CC(Br)CN1CCN(C(=O)OC(C)(C)C)CC1.O=C(O)C(=O)O. The molecule has 1 heterocycles. The van der Waals surface area contributed by atoms with Crippen molar-refractivity contribution in [1.82, 2.24) is 9.80 Å². The lowest BCUT2D eigenvalue weighted by Crippen LogP contribution is -2.50. The first-order valence-corrected chi connectivity index (χ1v) is 8.14. The molecule has 9 heteroatoms. The standard InChI is InChI=1S/C12H23BrN2O2.C2H2O4/c1-10(13)9-14-5-7-15(8-6-14)11(16)17-12(2,3)4;3-1(4)2(5)6/h10H,5-9H2,1-4H3;(H,3,4)(H,5,6). The number of halogens is 1. The molecule has 0 aromatic heterocycles. The van der Waals surface area contributed by atoms with E-state index in [0.717, 1.165) is 32.7 Å². The van der Waals surface area contributed by atoms with Gasteiger partial charge in [0.15, 0.2) is 0 Å². The predicted octanol–water partition coefficient (Wildman–Crippen LogP) is 1.48. The van der Waals surface area contributed by atoms with Crippen molar-refractivity contribution in [2.45, 2.75) is 38.1 Å². The number of amides is 1. The zero-order valence-electron chi connectivity index (χ0n) is 13.9. The van der Waals surface area contributed by atoms with Gasteiger partial charge in [-0.05, 0) is 20.8 Å². The number of hydrogen-bond acceptors (Lipinski definition) is 5. The van der Waals surface area contributed by atoms with Gasteiger partial charge in [0.2, 0.25) is 0 Å². The highest BCUT2D eigenvalue weighted by Crippen LogP contribution is 2.12. The Kier molecular flexibility index (Phi) is 9.14. The van der Waals surface area contributed by atoms with Crippen LogP contribution < -0.4 is 0 Å². The zero-order chi connectivity index (χ0) is 18.2. The Morgan fingerprint density at radius 1 is 1.09 bits per heavy atom. The van der Waals surface area contributed by atoms with Crippen molar-refractivity contribution in [1.29, 1.82) is 0 Å². The minimum atomic E-state index is -1.82.